The second kappa shape index (κ2) is 9.47. The topological polar surface area (TPSA) is 64.4 Å². The molecule has 0 atom stereocenters. The van der Waals surface area contributed by atoms with Crippen LogP contribution in [0.1, 0.15) is 47.6 Å². The molecule has 0 spiro atoms. The van der Waals surface area contributed by atoms with Gasteiger partial charge in [-0.25, -0.2) is 4.98 Å². The van der Waals surface area contributed by atoms with Crippen LogP contribution in [0.15, 0.2) is 71.1 Å². The maximum atomic E-state index is 12.6. The quantitative estimate of drug-likeness (QED) is 0.383. The van der Waals surface area contributed by atoms with Crippen molar-refractivity contribution in [3.63, 3.8) is 0 Å². The van der Waals surface area contributed by atoms with E-state index in [2.05, 4.69) is 29.4 Å². The van der Waals surface area contributed by atoms with Crippen LogP contribution >= 0.6 is 0 Å². The monoisotopic (exact) mass is 414 g/mol. The van der Waals surface area contributed by atoms with E-state index in [9.17, 15) is 4.79 Å². The molecule has 0 saturated carbocycles. The fourth-order valence-corrected chi connectivity index (χ4v) is 3.35. The highest BCUT2D eigenvalue weighted by Gasteiger charge is 2.10. The molecule has 0 saturated heterocycles. The van der Waals surface area contributed by atoms with E-state index in [1.54, 1.807) is 12.1 Å². The smallest absolute Gasteiger partial charge is 0.255 e. The van der Waals surface area contributed by atoms with Crippen molar-refractivity contribution in [3.8, 4) is 5.75 Å². The number of hydrogen-bond donors (Lipinski definition) is 1. The molecular weight excluding hydrogens is 388 g/mol. The summed E-state index contributed by atoms with van der Waals surface area (Å²) < 4.78 is 11.5. The van der Waals surface area contributed by atoms with Crippen LogP contribution in [0.3, 0.4) is 0 Å². The Morgan fingerprint density at radius 2 is 1.81 bits per heavy atom. The van der Waals surface area contributed by atoms with Crippen LogP contribution in [-0.4, -0.2) is 17.5 Å². The number of nitrogens with zero attached hydrogens (tertiary/aromatic N) is 1. The third-order valence-electron chi connectivity index (χ3n) is 5.04. The molecule has 0 aliphatic carbocycles. The molecule has 0 aliphatic rings. The lowest BCUT2D eigenvalue weighted by Gasteiger charge is -2.08. The van der Waals surface area contributed by atoms with E-state index >= 15 is 0 Å². The Kier molecular flexibility index (Phi) is 6.32. The standard InChI is InChI=1S/C26H26N2O3/c1-3-14-30-22-7-5-6-20(17-22)26(29)27-21-11-8-19(9-12-21)16-25-28-23-15-18(4-2)10-13-24(23)31-25/h5-13,15,17H,3-4,14,16H2,1-2H3,(H,27,29). The summed E-state index contributed by atoms with van der Waals surface area (Å²) in [6, 6.07) is 21.1. The van der Waals surface area contributed by atoms with Gasteiger partial charge < -0.3 is 14.5 Å². The summed E-state index contributed by atoms with van der Waals surface area (Å²) in [6.07, 6.45) is 2.49. The zero-order valence-corrected chi connectivity index (χ0v) is 17.9. The van der Waals surface area contributed by atoms with E-state index in [0.717, 1.165) is 35.2 Å². The molecule has 1 N–H and O–H groups in total. The number of carbonyl (C=O) groups excluding carboxylic acids is 1. The number of carbonyl (C=O) groups is 1. The van der Waals surface area contributed by atoms with E-state index in [-0.39, 0.29) is 5.91 Å². The first kappa shape index (κ1) is 20.7. The van der Waals surface area contributed by atoms with E-state index in [4.69, 9.17) is 9.15 Å². The van der Waals surface area contributed by atoms with Gasteiger partial charge in [0.1, 0.15) is 11.3 Å². The second-order valence-corrected chi connectivity index (χ2v) is 7.47. The van der Waals surface area contributed by atoms with Crippen molar-refractivity contribution in [1.82, 2.24) is 4.98 Å². The number of rotatable bonds is 8. The highest BCUT2D eigenvalue weighted by atomic mass is 16.5. The minimum absolute atomic E-state index is 0.166. The minimum Gasteiger partial charge on any atom is -0.494 e. The highest BCUT2D eigenvalue weighted by molar-refractivity contribution is 6.04. The SMILES string of the molecule is CCCOc1cccc(C(=O)Nc2ccc(Cc3nc4cc(CC)ccc4o3)cc2)c1. The van der Waals surface area contributed by atoms with E-state index in [0.29, 0.717) is 30.2 Å². The molecule has 1 heterocycles. The highest BCUT2D eigenvalue weighted by Crippen LogP contribution is 2.21. The number of ether oxygens (including phenoxy) is 1. The van der Waals surface area contributed by atoms with Crippen molar-refractivity contribution in [3.05, 3.63) is 89.3 Å². The summed E-state index contributed by atoms with van der Waals surface area (Å²) in [6.45, 7) is 4.80. The summed E-state index contributed by atoms with van der Waals surface area (Å²) >= 11 is 0. The zero-order valence-electron chi connectivity index (χ0n) is 17.9. The van der Waals surface area contributed by atoms with Gasteiger partial charge in [0, 0.05) is 17.7 Å². The molecule has 5 heteroatoms. The Morgan fingerprint density at radius 3 is 2.58 bits per heavy atom. The average molecular weight is 415 g/mol. The van der Waals surface area contributed by atoms with Crippen molar-refractivity contribution >= 4 is 22.7 Å². The molecule has 1 amide bonds. The number of fused-ring (bicyclic) bond motifs is 1. The van der Waals surface area contributed by atoms with Gasteiger partial charge in [0.15, 0.2) is 11.5 Å². The lowest BCUT2D eigenvalue weighted by molar-refractivity contribution is 0.102. The molecule has 5 nitrogen and oxygen atoms in total. The Bertz CT molecular complexity index is 1180. The van der Waals surface area contributed by atoms with E-state index in [1.807, 2.05) is 49.4 Å². The van der Waals surface area contributed by atoms with Gasteiger partial charge in [-0.1, -0.05) is 38.1 Å². The molecule has 1 aromatic heterocycles. The first-order valence-corrected chi connectivity index (χ1v) is 10.7. The maximum absolute atomic E-state index is 12.6. The molecule has 4 aromatic rings. The molecule has 0 unspecified atom stereocenters. The van der Waals surface area contributed by atoms with Gasteiger partial charge in [-0.05, 0) is 66.4 Å². The Morgan fingerprint density at radius 1 is 1.00 bits per heavy atom. The van der Waals surface area contributed by atoms with Crippen LogP contribution in [0.4, 0.5) is 5.69 Å². The Labute approximate surface area is 182 Å². The molecule has 0 radical (unpaired) electrons. The van der Waals surface area contributed by atoms with Crippen LogP contribution < -0.4 is 10.1 Å². The first-order chi connectivity index (χ1) is 15.1. The number of hydrogen-bond acceptors (Lipinski definition) is 4. The van der Waals surface area contributed by atoms with Crippen molar-refractivity contribution in [2.45, 2.75) is 33.1 Å². The van der Waals surface area contributed by atoms with Crippen molar-refractivity contribution in [2.75, 3.05) is 11.9 Å². The zero-order chi connectivity index (χ0) is 21.6. The maximum Gasteiger partial charge on any atom is 0.255 e. The summed E-state index contributed by atoms with van der Waals surface area (Å²) in [4.78, 5) is 17.2. The summed E-state index contributed by atoms with van der Waals surface area (Å²) in [5, 5.41) is 2.93. The summed E-state index contributed by atoms with van der Waals surface area (Å²) in [5.41, 5.74) is 5.31. The van der Waals surface area contributed by atoms with E-state index in [1.165, 1.54) is 5.56 Å². The number of amides is 1. The molecule has 3 aromatic carbocycles. The van der Waals surface area contributed by atoms with Crippen LogP contribution in [0.5, 0.6) is 5.75 Å². The first-order valence-electron chi connectivity index (χ1n) is 10.7. The predicted molar refractivity (Wildman–Crippen MR) is 123 cm³/mol. The summed E-state index contributed by atoms with van der Waals surface area (Å²) in [7, 11) is 0. The van der Waals surface area contributed by atoms with Crippen molar-refractivity contribution < 1.29 is 13.9 Å². The third-order valence-corrected chi connectivity index (χ3v) is 5.04. The molecular formula is C26H26N2O3. The summed E-state index contributed by atoms with van der Waals surface area (Å²) in [5.74, 6) is 1.22. The van der Waals surface area contributed by atoms with Gasteiger partial charge >= 0.3 is 0 Å². The van der Waals surface area contributed by atoms with Gasteiger partial charge in [-0.3, -0.25) is 4.79 Å². The number of aromatic nitrogens is 1. The Balaban J connectivity index is 1.41. The van der Waals surface area contributed by atoms with Gasteiger partial charge in [-0.2, -0.15) is 0 Å². The molecule has 158 valence electrons. The normalized spacial score (nSPS) is 10.9. The van der Waals surface area contributed by atoms with E-state index < -0.39 is 0 Å². The number of anilines is 1. The molecule has 4 rings (SSSR count). The number of benzene rings is 3. The van der Waals surface area contributed by atoms with Crippen LogP contribution in [0.2, 0.25) is 0 Å². The number of nitrogens with one attached hydrogen (secondary N) is 1. The third kappa shape index (κ3) is 5.12. The minimum atomic E-state index is -0.166. The van der Waals surface area contributed by atoms with Crippen LogP contribution in [-0.2, 0) is 12.8 Å². The average Bonchev–Trinajstić information content (AvgIpc) is 3.20. The van der Waals surface area contributed by atoms with Gasteiger partial charge in [-0.15, -0.1) is 0 Å². The predicted octanol–water partition coefficient (Wildman–Crippen LogP) is 6.02. The van der Waals surface area contributed by atoms with Gasteiger partial charge in [0.05, 0.1) is 6.61 Å². The molecule has 31 heavy (non-hydrogen) atoms. The van der Waals surface area contributed by atoms with Gasteiger partial charge in [0.2, 0.25) is 0 Å². The molecule has 0 fully saturated rings. The van der Waals surface area contributed by atoms with Crippen LogP contribution in [0, 0.1) is 0 Å². The lowest BCUT2D eigenvalue weighted by atomic mass is 10.1. The van der Waals surface area contributed by atoms with Gasteiger partial charge in [0.25, 0.3) is 5.91 Å². The fourth-order valence-electron chi connectivity index (χ4n) is 3.35. The van der Waals surface area contributed by atoms with Crippen molar-refractivity contribution in [2.24, 2.45) is 0 Å². The van der Waals surface area contributed by atoms with Crippen molar-refractivity contribution in [1.29, 1.82) is 0 Å². The Hall–Kier alpha value is -3.60. The van der Waals surface area contributed by atoms with Crippen LogP contribution in [0.25, 0.3) is 11.1 Å². The molecule has 0 bridgehead atoms. The lowest BCUT2D eigenvalue weighted by Crippen LogP contribution is -2.12. The number of oxazole rings is 1. The second-order valence-electron chi connectivity index (χ2n) is 7.47. The largest absolute Gasteiger partial charge is 0.494 e. The number of aryl methyl sites for hydroxylation is 1. The molecule has 0 aliphatic heterocycles. The fraction of sp³-hybridized carbons (Fsp3) is 0.231.